The molecule has 0 aliphatic carbocycles. The highest BCUT2D eigenvalue weighted by atomic mass is 16.5. The zero-order valence-corrected chi connectivity index (χ0v) is 49.8. The van der Waals surface area contributed by atoms with Crippen LogP contribution in [-0.2, 0) is 14.3 Å². The summed E-state index contributed by atoms with van der Waals surface area (Å²) in [6.07, 6.45) is 80.3. The number of allylic oxidation sites excluding steroid dienone is 6. The van der Waals surface area contributed by atoms with Crippen molar-refractivity contribution in [2.24, 2.45) is 0 Å². The van der Waals surface area contributed by atoms with E-state index in [4.69, 9.17) is 4.74 Å². The molecule has 0 aliphatic rings. The van der Waals surface area contributed by atoms with Crippen molar-refractivity contribution in [3.8, 4) is 0 Å². The molecule has 6 nitrogen and oxygen atoms in total. The maximum absolute atomic E-state index is 12.5. The predicted molar refractivity (Wildman–Crippen MR) is 324 cm³/mol. The fraction of sp³-hybridized carbons (Fsp3) is 0.882. The third-order valence-electron chi connectivity index (χ3n) is 15.4. The Balaban J connectivity index is 3.39. The number of hydrogen-bond donors (Lipinski definition) is 3. The van der Waals surface area contributed by atoms with Gasteiger partial charge in [0, 0.05) is 12.8 Å². The number of nitrogens with one attached hydrogen (secondary N) is 1. The number of carbonyl (C=O) groups is 2. The maximum atomic E-state index is 12.5. The quantitative estimate of drug-likeness (QED) is 0.0320. The number of carbonyl (C=O) groups excluding carboxylic acids is 2. The van der Waals surface area contributed by atoms with E-state index in [0.29, 0.717) is 25.9 Å². The van der Waals surface area contributed by atoms with Crippen LogP contribution in [0.3, 0.4) is 0 Å². The number of aliphatic hydroxyl groups excluding tert-OH is 2. The number of rotatable bonds is 62. The van der Waals surface area contributed by atoms with Crippen molar-refractivity contribution in [3.05, 3.63) is 36.5 Å². The van der Waals surface area contributed by atoms with E-state index in [1.165, 1.54) is 276 Å². The fourth-order valence-corrected chi connectivity index (χ4v) is 10.3. The van der Waals surface area contributed by atoms with Crippen LogP contribution >= 0.6 is 0 Å². The Bertz CT molecular complexity index is 1200. The molecule has 0 saturated carbocycles. The molecule has 2 unspecified atom stereocenters. The molecule has 0 bridgehead atoms. The van der Waals surface area contributed by atoms with Crippen LogP contribution in [0.5, 0.6) is 0 Å². The number of ether oxygens (including phenoxy) is 1. The Labute approximate surface area is 462 Å². The largest absolute Gasteiger partial charge is 0.466 e. The topological polar surface area (TPSA) is 95.9 Å². The van der Waals surface area contributed by atoms with Crippen molar-refractivity contribution in [1.29, 1.82) is 0 Å². The second-order valence-electron chi connectivity index (χ2n) is 22.8. The van der Waals surface area contributed by atoms with Gasteiger partial charge >= 0.3 is 5.97 Å². The number of amides is 1. The van der Waals surface area contributed by atoms with Crippen molar-refractivity contribution in [1.82, 2.24) is 5.32 Å². The molecule has 0 radical (unpaired) electrons. The van der Waals surface area contributed by atoms with E-state index in [9.17, 15) is 19.8 Å². The lowest BCUT2D eigenvalue weighted by molar-refractivity contribution is -0.143. The molecule has 0 fully saturated rings. The standard InChI is InChI=1S/C68H129NO5/c1-3-5-7-9-11-13-15-17-18-30-33-37-40-44-48-52-56-60-66(71)65(64-70)69-67(72)61-57-53-49-45-41-38-34-31-28-26-24-22-20-19-21-23-25-27-29-32-35-39-43-47-51-55-59-63-74-68(73)62-58-54-50-46-42-36-16-14-12-10-8-6-4-2/h8,10,14,16,19-20,65-66,70-71H,3-7,9,11-13,15,17-18,21-64H2,1-2H3,(H,69,72)/b10-8-,16-14-,20-19-. The highest BCUT2D eigenvalue weighted by Gasteiger charge is 2.20. The van der Waals surface area contributed by atoms with E-state index in [1.807, 2.05) is 0 Å². The molecule has 0 heterocycles. The van der Waals surface area contributed by atoms with E-state index < -0.39 is 12.1 Å². The summed E-state index contributed by atoms with van der Waals surface area (Å²) in [4.78, 5) is 24.5. The van der Waals surface area contributed by atoms with Gasteiger partial charge in [0.05, 0.1) is 25.4 Å². The maximum Gasteiger partial charge on any atom is 0.305 e. The molecule has 0 aromatic heterocycles. The van der Waals surface area contributed by atoms with Crippen LogP contribution < -0.4 is 5.32 Å². The second-order valence-corrected chi connectivity index (χ2v) is 22.8. The van der Waals surface area contributed by atoms with Crippen LogP contribution in [0.1, 0.15) is 361 Å². The zero-order valence-electron chi connectivity index (χ0n) is 49.8. The first-order chi connectivity index (χ1) is 36.5. The van der Waals surface area contributed by atoms with Crippen LogP contribution in [0.15, 0.2) is 36.5 Å². The third kappa shape index (κ3) is 59.3. The lowest BCUT2D eigenvalue weighted by Crippen LogP contribution is -2.45. The average Bonchev–Trinajstić information content (AvgIpc) is 3.40. The molecule has 2 atom stereocenters. The summed E-state index contributed by atoms with van der Waals surface area (Å²) in [7, 11) is 0. The van der Waals surface area contributed by atoms with E-state index in [2.05, 4.69) is 55.6 Å². The van der Waals surface area contributed by atoms with Crippen molar-refractivity contribution in [2.45, 2.75) is 373 Å². The van der Waals surface area contributed by atoms with E-state index in [1.54, 1.807) is 0 Å². The highest BCUT2D eigenvalue weighted by molar-refractivity contribution is 5.76. The Morgan fingerprint density at radius 1 is 0.378 bits per heavy atom. The zero-order chi connectivity index (χ0) is 53.6. The van der Waals surface area contributed by atoms with Gasteiger partial charge in [-0.2, -0.15) is 0 Å². The minimum atomic E-state index is -0.665. The molecule has 0 aliphatic heterocycles. The van der Waals surface area contributed by atoms with Gasteiger partial charge in [-0.3, -0.25) is 9.59 Å². The number of hydrogen-bond acceptors (Lipinski definition) is 5. The molecule has 1 amide bonds. The Morgan fingerprint density at radius 3 is 1.09 bits per heavy atom. The molecule has 0 saturated heterocycles. The normalized spacial score (nSPS) is 12.8. The first kappa shape index (κ1) is 72.1. The predicted octanol–water partition coefficient (Wildman–Crippen LogP) is 21.1. The van der Waals surface area contributed by atoms with Crippen LogP contribution in [0.25, 0.3) is 0 Å². The molecule has 0 spiro atoms. The molecule has 0 aromatic carbocycles. The monoisotopic (exact) mass is 1040 g/mol. The van der Waals surface area contributed by atoms with Crippen LogP contribution in [-0.4, -0.2) is 47.4 Å². The van der Waals surface area contributed by atoms with Gasteiger partial charge in [0.15, 0.2) is 0 Å². The Kier molecular flexibility index (Phi) is 62.0. The van der Waals surface area contributed by atoms with Crippen molar-refractivity contribution >= 4 is 11.9 Å². The molecule has 0 rings (SSSR count). The van der Waals surface area contributed by atoms with Crippen molar-refractivity contribution in [3.63, 3.8) is 0 Å². The first-order valence-electron chi connectivity index (χ1n) is 33.2. The molecule has 3 N–H and O–H groups in total. The van der Waals surface area contributed by atoms with Gasteiger partial charge in [-0.1, -0.05) is 307 Å². The minimum Gasteiger partial charge on any atom is -0.466 e. The summed E-state index contributed by atoms with van der Waals surface area (Å²) in [5.74, 6) is -0.0333. The smallest absolute Gasteiger partial charge is 0.305 e. The number of aliphatic hydroxyl groups is 2. The van der Waals surface area contributed by atoms with Crippen LogP contribution in [0.4, 0.5) is 0 Å². The second kappa shape index (κ2) is 63.6. The highest BCUT2D eigenvalue weighted by Crippen LogP contribution is 2.18. The van der Waals surface area contributed by atoms with Crippen LogP contribution in [0.2, 0.25) is 0 Å². The molecule has 0 aromatic rings. The van der Waals surface area contributed by atoms with E-state index in [-0.39, 0.29) is 18.5 Å². The van der Waals surface area contributed by atoms with Gasteiger partial charge in [-0.15, -0.1) is 0 Å². The lowest BCUT2D eigenvalue weighted by Gasteiger charge is -2.22. The third-order valence-corrected chi connectivity index (χ3v) is 15.4. The summed E-state index contributed by atoms with van der Waals surface area (Å²) in [6.45, 7) is 4.91. The van der Waals surface area contributed by atoms with Gasteiger partial charge in [-0.25, -0.2) is 0 Å². The summed E-state index contributed by atoms with van der Waals surface area (Å²) in [6, 6.07) is -0.543. The molecule has 436 valence electrons. The van der Waals surface area contributed by atoms with Gasteiger partial charge in [-0.05, 0) is 77.0 Å². The SMILES string of the molecule is CCC/C=C\C/C=C\CCCCCCCC(=O)OCCCCCCCCCCCCCC/C=C\CCCCCCCCCCCCCC(=O)NC(CO)C(O)CCCCCCCCCCCCCCCCCCC. The van der Waals surface area contributed by atoms with E-state index >= 15 is 0 Å². The van der Waals surface area contributed by atoms with E-state index in [0.717, 1.165) is 51.4 Å². The summed E-state index contributed by atoms with van der Waals surface area (Å²) < 4.78 is 5.47. The lowest BCUT2D eigenvalue weighted by atomic mass is 10.0. The summed E-state index contributed by atoms with van der Waals surface area (Å²) in [5.41, 5.74) is 0. The number of esters is 1. The van der Waals surface area contributed by atoms with Gasteiger partial charge in [0.2, 0.25) is 5.91 Å². The summed E-state index contributed by atoms with van der Waals surface area (Å²) >= 11 is 0. The van der Waals surface area contributed by atoms with Crippen LogP contribution in [0, 0.1) is 0 Å². The first-order valence-corrected chi connectivity index (χ1v) is 33.2. The van der Waals surface area contributed by atoms with Gasteiger partial charge < -0.3 is 20.3 Å². The summed E-state index contributed by atoms with van der Waals surface area (Å²) in [5, 5.41) is 23.4. The Hall–Kier alpha value is -1.92. The van der Waals surface area contributed by atoms with Gasteiger partial charge in [0.1, 0.15) is 0 Å². The molecular weight excluding hydrogens is 911 g/mol. The molecular formula is C68H129NO5. The minimum absolute atomic E-state index is 0.0000956. The van der Waals surface area contributed by atoms with Crippen molar-refractivity contribution in [2.75, 3.05) is 13.2 Å². The molecule has 74 heavy (non-hydrogen) atoms. The van der Waals surface area contributed by atoms with Crippen molar-refractivity contribution < 1.29 is 24.5 Å². The average molecular weight is 1040 g/mol. The fourth-order valence-electron chi connectivity index (χ4n) is 10.3. The van der Waals surface area contributed by atoms with Gasteiger partial charge in [0.25, 0.3) is 0 Å². The number of unbranched alkanes of at least 4 members (excludes halogenated alkanes) is 45. The Morgan fingerprint density at radius 2 is 0.703 bits per heavy atom. The molecule has 6 heteroatoms.